The van der Waals surface area contributed by atoms with Gasteiger partial charge in [-0.05, 0) is 71.2 Å². The molecule has 102 valence electrons. The second kappa shape index (κ2) is 6.64. The van der Waals surface area contributed by atoms with Crippen LogP contribution in [0.5, 0.6) is 0 Å². The lowest BCUT2D eigenvalue weighted by Gasteiger charge is -2.05. The summed E-state index contributed by atoms with van der Waals surface area (Å²) in [6.07, 6.45) is 1.14. The first kappa shape index (κ1) is 14.7. The summed E-state index contributed by atoms with van der Waals surface area (Å²) in [7, 11) is 0. The summed E-state index contributed by atoms with van der Waals surface area (Å²) in [5.74, 6) is -0.206. The molecule has 1 aromatic heterocycles. The van der Waals surface area contributed by atoms with E-state index in [4.69, 9.17) is 0 Å². The molecule has 4 heteroatoms. The fourth-order valence-corrected chi connectivity index (χ4v) is 3.32. The van der Waals surface area contributed by atoms with E-state index in [2.05, 4.69) is 40.3 Å². The predicted molar refractivity (Wildman–Crippen MR) is 84.1 cm³/mol. The average molecular weight is 342 g/mol. The summed E-state index contributed by atoms with van der Waals surface area (Å²) in [5, 5.41) is 3.39. The van der Waals surface area contributed by atoms with Crippen LogP contribution < -0.4 is 5.32 Å². The maximum Gasteiger partial charge on any atom is 0.137 e. The van der Waals surface area contributed by atoms with Crippen LogP contribution in [-0.2, 0) is 6.54 Å². The van der Waals surface area contributed by atoms with Crippen molar-refractivity contribution in [2.45, 2.75) is 26.8 Å². The molecule has 1 nitrogen and oxygen atoms in total. The van der Waals surface area contributed by atoms with E-state index in [0.717, 1.165) is 30.6 Å². The normalized spacial score (nSPS) is 10.9. The summed E-state index contributed by atoms with van der Waals surface area (Å²) >= 11 is 5.01. The van der Waals surface area contributed by atoms with Crippen molar-refractivity contribution in [1.29, 1.82) is 0 Å². The lowest BCUT2D eigenvalue weighted by atomic mass is 10.1. The minimum atomic E-state index is -0.206. The number of rotatable bonds is 5. The highest BCUT2D eigenvalue weighted by Crippen LogP contribution is 2.33. The van der Waals surface area contributed by atoms with Crippen LogP contribution >= 0.6 is 27.3 Å². The fraction of sp³-hybridized carbons (Fsp3) is 0.333. The molecule has 1 aromatic carbocycles. The summed E-state index contributed by atoms with van der Waals surface area (Å²) in [4.78, 5) is 2.50. The van der Waals surface area contributed by atoms with Gasteiger partial charge in [-0.1, -0.05) is 6.92 Å². The van der Waals surface area contributed by atoms with E-state index in [1.807, 2.05) is 13.0 Å². The highest BCUT2D eigenvalue weighted by Gasteiger charge is 2.09. The van der Waals surface area contributed by atoms with E-state index in [9.17, 15) is 4.39 Å². The van der Waals surface area contributed by atoms with Crippen LogP contribution in [0.15, 0.2) is 28.7 Å². The minimum Gasteiger partial charge on any atom is -0.312 e. The highest BCUT2D eigenvalue weighted by molar-refractivity contribution is 9.10. The monoisotopic (exact) mass is 341 g/mol. The molecule has 0 aliphatic rings. The maximum absolute atomic E-state index is 13.4. The van der Waals surface area contributed by atoms with E-state index in [1.165, 1.54) is 9.75 Å². The van der Waals surface area contributed by atoms with Crippen molar-refractivity contribution >= 4 is 27.3 Å². The topological polar surface area (TPSA) is 12.0 Å². The number of hydrogen-bond donors (Lipinski definition) is 1. The van der Waals surface area contributed by atoms with E-state index >= 15 is 0 Å². The Bertz CT molecular complexity index is 565. The van der Waals surface area contributed by atoms with Crippen LogP contribution in [0.25, 0.3) is 10.4 Å². The Morgan fingerprint density at radius 2 is 2.11 bits per heavy atom. The van der Waals surface area contributed by atoms with Crippen LogP contribution in [0.2, 0.25) is 0 Å². The van der Waals surface area contributed by atoms with Gasteiger partial charge >= 0.3 is 0 Å². The van der Waals surface area contributed by atoms with Crippen molar-refractivity contribution in [2.24, 2.45) is 0 Å². The van der Waals surface area contributed by atoms with E-state index in [0.29, 0.717) is 4.47 Å². The van der Waals surface area contributed by atoms with E-state index in [1.54, 1.807) is 17.4 Å². The van der Waals surface area contributed by atoms with Gasteiger partial charge < -0.3 is 5.32 Å². The Labute approximate surface area is 126 Å². The van der Waals surface area contributed by atoms with Crippen molar-refractivity contribution in [3.63, 3.8) is 0 Å². The van der Waals surface area contributed by atoms with Crippen molar-refractivity contribution < 1.29 is 4.39 Å². The Morgan fingerprint density at radius 3 is 2.84 bits per heavy atom. The van der Waals surface area contributed by atoms with Gasteiger partial charge in [-0.3, -0.25) is 0 Å². The number of nitrogens with one attached hydrogen (secondary N) is 1. The zero-order valence-corrected chi connectivity index (χ0v) is 13.5. The molecular formula is C15H17BrFNS. The van der Waals surface area contributed by atoms with Gasteiger partial charge in [0.1, 0.15) is 5.82 Å². The van der Waals surface area contributed by atoms with Gasteiger partial charge in [-0.15, -0.1) is 11.3 Å². The van der Waals surface area contributed by atoms with E-state index < -0.39 is 0 Å². The van der Waals surface area contributed by atoms with Gasteiger partial charge in [0.05, 0.1) is 4.47 Å². The Hall–Kier alpha value is -0.710. The molecule has 0 fully saturated rings. The van der Waals surface area contributed by atoms with Gasteiger partial charge in [0.15, 0.2) is 0 Å². The third kappa shape index (κ3) is 3.65. The highest BCUT2D eigenvalue weighted by atomic mass is 79.9. The van der Waals surface area contributed by atoms with Gasteiger partial charge in [-0.2, -0.15) is 0 Å². The number of aryl methyl sites for hydroxylation is 1. The standard InChI is InChI=1S/C15H17BrFNS/c1-3-6-18-9-11-4-5-15(19-11)12-8-13(16)14(17)7-10(12)2/h4-5,7-8,18H,3,6,9H2,1-2H3. The molecule has 1 heterocycles. The Kier molecular flexibility index (Phi) is 5.13. The summed E-state index contributed by atoms with van der Waals surface area (Å²) in [6.45, 7) is 6.04. The number of thiophene rings is 1. The van der Waals surface area contributed by atoms with Crippen LogP contribution in [0, 0.1) is 12.7 Å². The quantitative estimate of drug-likeness (QED) is 0.743. The van der Waals surface area contributed by atoms with Crippen LogP contribution in [0.3, 0.4) is 0 Å². The van der Waals surface area contributed by atoms with Gasteiger partial charge in [0.25, 0.3) is 0 Å². The number of hydrogen-bond acceptors (Lipinski definition) is 2. The first-order valence-corrected chi connectivity index (χ1v) is 7.98. The molecule has 0 spiro atoms. The minimum absolute atomic E-state index is 0.206. The van der Waals surface area contributed by atoms with Crippen LogP contribution in [-0.4, -0.2) is 6.54 Å². The summed E-state index contributed by atoms with van der Waals surface area (Å²) < 4.78 is 14.0. The number of benzene rings is 1. The molecule has 0 aliphatic heterocycles. The maximum atomic E-state index is 13.4. The summed E-state index contributed by atoms with van der Waals surface area (Å²) in [6, 6.07) is 7.69. The lowest BCUT2D eigenvalue weighted by molar-refractivity contribution is 0.620. The van der Waals surface area contributed by atoms with Crippen LogP contribution in [0.4, 0.5) is 4.39 Å². The molecule has 0 radical (unpaired) electrons. The summed E-state index contributed by atoms with van der Waals surface area (Å²) in [5.41, 5.74) is 2.07. The zero-order chi connectivity index (χ0) is 13.8. The van der Waals surface area contributed by atoms with Crippen molar-refractivity contribution in [3.8, 4) is 10.4 Å². The zero-order valence-electron chi connectivity index (χ0n) is 11.1. The molecule has 0 saturated heterocycles. The fourth-order valence-electron chi connectivity index (χ4n) is 1.92. The average Bonchev–Trinajstić information content (AvgIpc) is 2.83. The molecule has 0 amide bonds. The van der Waals surface area contributed by atoms with E-state index in [-0.39, 0.29) is 5.82 Å². The van der Waals surface area contributed by atoms with Crippen molar-refractivity contribution in [2.75, 3.05) is 6.54 Å². The molecule has 0 saturated carbocycles. The lowest BCUT2D eigenvalue weighted by Crippen LogP contribution is -2.12. The molecule has 1 N–H and O–H groups in total. The van der Waals surface area contributed by atoms with Gasteiger partial charge in [-0.25, -0.2) is 4.39 Å². The molecule has 2 aromatic rings. The largest absolute Gasteiger partial charge is 0.312 e. The second-order valence-electron chi connectivity index (χ2n) is 4.52. The molecular weight excluding hydrogens is 325 g/mol. The molecule has 0 aliphatic carbocycles. The first-order chi connectivity index (χ1) is 9.11. The van der Waals surface area contributed by atoms with Crippen molar-refractivity contribution in [1.82, 2.24) is 5.32 Å². The number of halogens is 2. The Morgan fingerprint density at radius 1 is 1.32 bits per heavy atom. The smallest absolute Gasteiger partial charge is 0.137 e. The molecule has 19 heavy (non-hydrogen) atoms. The Balaban J connectivity index is 2.20. The third-order valence-corrected chi connectivity index (χ3v) is 4.65. The molecule has 0 unspecified atom stereocenters. The molecule has 2 rings (SSSR count). The molecule has 0 bridgehead atoms. The van der Waals surface area contributed by atoms with Crippen LogP contribution in [0.1, 0.15) is 23.8 Å². The SMILES string of the molecule is CCCNCc1ccc(-c2cc(Br)c(F)cc2C)s1. The van der Waals surface area contributed by atoms with Crippen molar-refractivity contribution in [3.05, 3.63) is 45.0 Å². The first-order valence-electron chi connectivity index (χ1n) is 6.37. The molecule has 0 atom stereocenters. The predicted octanol–water partition coefficient (Wildman–Crippen LogP) is 5.12. The van der Waals surface area contributed by atoms with Gasteiger partial charge in [0, 0.05) is 16.3 Å². The third-order valence-electron chi connectivity index (χ3n) is 2.92. The van der Waals surface area contributed by atoms with Gasteiger partial charge in [0.2, 0.25) is 0 Å². The second-order valence-corrected chi connectivity index (χ2v) is 6.55.